The van der Waals surface area contributed by atoms with Gasteiger partial charge in [-0.15, -0.1) is 0 Å². The van der Waals surface area contributed by atoms with Gasteiger partial charge in [-0.2, -0.15) is 0 Å². The number of aliphatic hydroxyl groups is 1. The zero-order chi connectivity index (χ0) is 23.3. The van der Waals surface area contributed by atoms with Crippen molar-refractivity contribution in [3.05, 3.63) is 35.4 Å². The second-order valence-corrected chi connectivity index (χ2v) is 11.0. The van der Waals surface area contributed by atoms with Crippen LogP contribution in [0.4, 0.5) is 8.78 Å². The molecule has 2 saturated heterocycles. The summed E-state index contributed by atoms with van der Waals surface area (Å²) < 4.78 is 28.2. The van der Waals surface area contributed by atoms with Crippen molar-refractivity contribution in [3.8, 4) is 0 Å². The van der Waals surface area contributed by atoms with E-state index in [0.717, 1.165) is 6.07 Å². The number of piperidine rings is 1. The van der Waals surface area contributed by atoms with Crippen molar-refractivity contribution in [2.75, 3.05) is 26.2 Å². The van der Waals surface area contributed by atoms with Crippen LogP contribution in [-0.2, 0) is 4.79 Å². The summed E-state index contributed by atoms with van der Waals surface area (Å²) in [6, 6.07) is 3.67. The molecule has 0 aliphatic carbocycles. The Hall–Kier alpha value is -1.53. The second-order valence-electron chi connectivity index (χ2n) is 11.0. The predicted molar refractivity (Wildman–Crippen MR) is 119 cm³/mol. The smallest absolute Gasteiger partial charge is 0.227 e. The number of likely N-dealkylation sites (tertiary alicyclic amines) is 2. The maximum atomic E-state index is 14.7. The summed E-state index contributed by atoms with van der Waals surface area (Å²) in [6.07, 6.45) is 0. The van der Waals surface area contributed by atoms with E-state index >= 15 is 0 Å². The normalized spacial score (nSPS) is 32.7. The number of carbonyl (C=O) groups is 1. The van der Waals surface area contributed by atoms with Crippen LogP contribution in [0.5, 0.6) is 0 Å². The number of hydrogen-bond acceptors (Lipinski definition) is 3. The zero-order valence-electron chi connectivity index (χ0n) is 20.0. The minimum absolute atomic E-state index is 0.00461. The maximum Gasteiger partial charge on any atom is 0.227 e. The third kappa shape index (κ3) is 4.38. The number of nitrogens with zero attached hydrogens (tertiary/aromatic N) is 2. The van der Waals surface area contributed by atoms with Gasteiger partial charge < -0.3 is 10.0 Å². The lowest BCUT2D eigenvalue weighted by Crippen LogP contribution is -2.61. The fourth-order valence-electron chi connectivity index (χ4n) is 5.79. The van der Waals surface area contributed by atoms with Crippen molar-refractivity contribution in [3.63, 3.8) is 0 Å². The molecule has 0 spiro atoms. The predicted octanol–water partition coefficient (Wildman–Crippen LogP) is 4.28. The number of benzene rings is 1. The van der Waals surface area contributed by atoms with E-state index in [1.165, 1.54) is 12.1 Å². The van der Waals surface area contributed by atoms with Crippen molar-refractivity contribution in [1.82, 2.24) is 9.80 Å². The van der Waals surface area contributed by atoms with Crippen LogP contribution in [0.25, 0.3) is 0 Å². The van der Waals surface area contributed by atoms with Crippen LogP contribution in [0, 0.1) is 35.3 Å². The molecule has 1 aromatic carbocycles. The Morgan fingerprint density at radius 1 is 1.10 bits per heavy atom. The van der Waals surface area contributed by atoms with Gasteiger partial charge >= 0.3 is 0 Å². The Morgan fingerprint density at radius 3 is 2.16 bits per heavy atom. The van der Waals surface area contributed by atoms with Crippen LogP contribution < -0.4 is 0 Å². The fourth-order valence-corrected chi connectivity index (χ4v) is 5.79. The third-order valence-corrected chi connectivity index (χ3v) is 7.75. The van der Waals surface area contributed by atoms with Gasteiger partial charge in [0.25, 0.3) is 0 Å². The summed E-state index contributed by atoms with van der Waals surface area (Å²) in [4.78, 5) is 17.8. The van der Waals surface area contributed by atoms with Gasteiger partial charge in [-0.05, 0) is 38.3 Å². The molecule has 5 atom stereocenters. The Bertz CT molecular complexity index is 808. The molecular weight excluding hydrogens is 398 g/mol. The molecule has 2 aliphatic heterocycles. The lowest BCUT2D eigenvalue weighted by molar-refractivity contribution is -0.159. The molecule has 0 unspecified atom stereocenters. The van der Waals surface area contributed by atoms with E-state index in [9.17, 15) is 18.7 Å². The third-order valence-electron chi connectivity index (χ3n) is 7.75. The molecule has 6 heteroatoms. The highest BCUT2D eigenvalue weighted by Crippen LogP contribution is 2.42. The van der Waals surface area contributed by atoms with Gasteiger partial charge in [0, 0.05) is 55.5 Å². The first-order valence-electron chi connectivity index (χ1n) is 11.5. The first-order chi connectivity index (χ1) is 14.3. The molecule has 0 bridgehead atoms. The van der Waals surface area contributed by atoms with E-state index in [0.29, 0.717) is 31.7 Å². The van der Waals surface area contributed by atoms with E-state index < -0.39 is 23.2 Å². The standard InChI is InChI=1S/C25H38F2N2O2/c1-15(2)25(31)16(3)11-28(12-17(25)4)23(30)21-14-29(24(5,6)7)13-20(21)19-9-8-18(26)10-22(19)27/h8-10,15-17,20-21,31H,11-14H2,1-7H3/t16-,17+,20-,21+,25-/m0/s1. The van der Waals surface area contributed by atoms with E-state index in [4.69, 9.17) is 0 Å². The molecule has 3 rings (SSSR count). The number of halogens is 2. The van der Waals surface area contributed by atoms with Gasteiger partial charge in [0.15, 0.2) is 0 Å². The largest absolute Gasteiger partial charge is 0.389 e. The van der Waals surface area contributed by atoms with Crippen LogP contribution >= 0.6 is 0 Å². The van der Waals surface area contributed by atoms with E-state index in [1.807, 2.05) is 32.6 Å². The second kappa shape index (κ2) is 8.43. The van der Waals surface area contributed by atoms with Gasteiger partial charge in [0.2, 0.25) is 5.91 Å². The lowest BCUT2D eigenvalue weighted by Gasteiger charge is -2.50. The molecule has 0 aromatic heterocycles. The molecule has 2 fully saturated rings. The van der Waals surface area contributed by atoms with Crippen LogP contribution in [0.3, 0.4) is 0 Å². The minimum atomic E-state index is -0.813. The van der Waals surface area contributed by atoms with E-state index in [2.05, 4.69) is 25.7 Å². The highest BCUT2D eigenvalue weighted by molar-refractivity contribution is 5.81. The molecular formula is C25H38F2N2O2. The first kappa shape index (κ1) is 24.1. The van der Waals surface area contributed by atoms with Crippen molar-refractivity contribution < 1.29 is 18.7 Å². The van der Waals surface area contributed by atoms with Gasteiger partial charge in [0.05, 0.1) is 11.5 Å². The van der Waals surface area contributed by atoms with E-state index in [1.54, 1.807) is 0 Å². The molecule has 1 N–H and O–H groups in total. The summed E-state index contributed by atoms with van der Waals surface area (Å²) in [5, 5.41) is 11.3. The first-order valence-corrected chi connectivity index (χ1v) is 11.5. The number of carbonyl (C=O) groups excluding carboxylic acids is 1. The summed E-state index contributed by atoms with van der Waals surface area (Å²) in [5.41, 5.74) is -0.570. The topological polar surface area (TPSA) is 43.8 Å². The Labute approximate surface area is 185 Å². The Kier molecular flexibility index (Phi) is 6.56. The van der Waals surface area contributed by atoms with Gasteiger partial charge in [-0.1, -0.05) is 33.8 Å². The maximum absolute atomic E-state index is 14.7. The number of rotatable bonds is 3. The van der Waals surface area contributed by atoms with Crippen LogP contribution in [0.15, 0.2) is 18.2 Å². The molecule has 4 nitrogen and oxygen atoms in total. The summed E-state index contributed by atoms with van der Waals surface area (Å²) in [7, 11) is 0. The van der Waals surface area contributed by atoms with Gasteiger partial charge in [0.1, 0.15) is 11.6 Å². The molecule has 0 saturated carbocycles. The Balaban J connectivity index is 1.90. The molecule has 174 valence electrons. The highest BCUT2D eigenvalue weighted by Gasteiger charge is 2.50. The summed E-state index contributed by atoms with van der Waals surface area (Å²) in [6.45, 7) is 16.4. The SMILES string of the molecule is CC(C)[C@@]1(O)[C@H](C)CN(C(=O)[C@@H]2CN(C(C)(C)C)C[C@H]2c2ccc(F)cc2F)C[C@@H]1C. The van der Waals surface area contributed by atoms with E-state index in [-0.39, 0.29) is 35.1 Å². The monoisotopic (exact) mass is 436 g/mol. The van der Waals surface area contributed by atoms with Crippen molar-refractivity contribution in [2.24, 2.45) is 23.7 Å². The van der Waals surface area contributed by atoms with Crippen LogP contribution in [-0.4, -0.2) is 58.1 Å². The average molecular weight is 437 g/mol. The Morgan fingerprint density at radius 2 is 1.68 bits per heavy atom. The molecule has 2 heterocycles. The summed E-state index contributed by atoms with van der Waals surface area (Å²) in [5.74, 6) is -1.94. The van der Waals surface area contributed by atoms with Crippen molar-refractivity contribution in [2.45, 2.75) is 65.5 Å². The zero-order valence-corrected chi connectivity index (χ0v) is 20.0. The van der Waals surface area contributed by atoms with Gasteiger partial charge in [-0.25, -0.2) is 8.78 Å². The lowest BCUT2D eigenvalue weighted by atomic mass is 9.68. The van der Waals surface area contributed by atoms with Crippen molar-refractivity contribution in [1.29, 1.82) is 0 Å². The highest BCUT2D eigenvalue weighted by atomic mass is 19.1. The fraction of sp³-hybridized carbons (Fsp3) is 0.720. The van der Waals surface area contributed by atoms with Crippen LogP contribution in [0.1, 0.15) is 59.9 Å². The van der Waals surface area contributed by atoms with Crippen molar-refractivity contribution >= 4 is 5.91 Å². The summed E-state index contributed by atoms with van der Waals surface area (Å²) >= 11 is 0. The number of hydrogen-bond donors (Lipinski definition) is 1. The van der Waals surface area contributed by atoms with Crippen LogP contribution in [0.2, 0.25) is 0 Å². The molecule has 2 aliphatic rings. The molecule has 1 aromatic rings. The quantitative estimate of drug-likeness (QED) is 0.769. The van der Waals surface area contributed by atoms with Gasteiger partial charge in [-0.3, -0.25) is 9.69 Å². The average Bonchev–Trinajstić information content (AvgIpc) is 3.10. The minimum Gasteiger partial charge on any atom is -0.389 e. The molecule has 1 amide bonds. The molecule has 0 radical (unpaired) electrons. The molecule has 31 heavy (non-hydrogen) atoms. The number of amides is 1.